The highest BCUT2D eigenvalue weighted by Crippen LogP contribution is 2.39. The first kappa shape index (κ1) is 18.6. The van der Waals surface area contributed by atoms with Crippen LogP contribution in [0, 0.1) is 0 Å². The Morgan fingerprint density at radius 3 is 2.33 bits per heavy atom. The van der Waals surface area contributed by atoms with Crippen molar-refractivity contribution in [3.8, 4) is 5.69 Å². The number of fused-ring (bicyclic) bond motifs is 1. The first-order valence-corrected chi connectivity index (χ1v) is 10.5. The summed E-state index contributed by atoms with van der Waals surface area (Å²) in [5.41, 5.74) is 16.6. The van der Waals surface area contributed by atoms with Crippen molar-refractivity contribution in [2.45, 2.75) is 51.1 Å². The van der Waals surface area contributed by atoms with E-state index in [2.05, 4.69) is 29.1 Å². The minimum Gasteiger partial charge on any atom is -0.369 e. The number of hydrogen-bond acceptors (Lipinski definition) is 7. The lowest BCUT2D eigenvalue weighted by Crippen LogP contribution is -2.58. The maximum Gasteiger partial charge on any atom is 0.220 e. The smallest absolute Gasteiger partial charge is 0.220 e. The highest BCUT2D eigenvalue weighted by Gasteiger charge is 2.42. The van der Waals surface area contributed by atoms with Gasteiger partial charge in [0.1, 0.15) is 16.7 Å². The Balaban J connectivity index is 1.54. The molecular weight excluding hydrogens is 376 g/mol. The molecule has 2 heterocycles. The topological polar surface area (TPSA) is 111 Å². The van der Waals surface area contributed by atoms with Crippen LogP contribution in [-0.2, 0) is 6.42 Å². The van der Waals surface area contributed by atoms with Crippen molar-refractivity contribution in [3.05, 3.63) is 48.0 Å². The van der Waals surface area contributed by atoms with Gasteiger partial charge in [-0.3, -0.25) is 4.90 Å². The third-order valence-corrected chi connectivity index (χ3v) is 6.05. The van der Waals surface area contributed by atoms with Gasteiger partial charge in [-0.25, -0.2) is 4.99 Å². The lowest BCUT2D eigenvalue weighted by molar-refractivity contribution is 0.305. The standard InChI is InChI=1S/C22H26N8/c1-2-15-6-8-16(9-7-15)30-27-18-11-10-17(14-19(18)28-30)29-21(24)25-20(23)26-22(29)12-4-3-5-13-22/h6-11,14H,2-5,12-13H2,1H3,(H4,23,24,25,26). The SMILES string of the molecule is CCc1ccc(-n2nc3ccc(N4C(N)=NC(N)=NC45CCCCC5)cc3n2)cc1. The fourth-order valence-corrected chi connectivity index (χ4v) is 4.52. The van der Waals surface area contributed by atoms with Crippen LogP contribution in [-0.4, -0.2) is 32.6 Å². The molecule has 2 aromatic carbocycles. The van der Waals surface area contributed by atoms with Crippen LogP contribution >= 0.6 is 0 Å². The number of aromatic nitrogens is 3. The molecule has 0 radical (unpaired) electrons. The Morgan fingerprint density at radius 1 is 0.900 bits per heavy atom. The third kappa shape index (κ3) is 3.08. The monoisotopic (exact) mass is 402 g/mol. The summed E-state index contributed by atoms with van der Waals surface area (Å²) in [6.07, 6.45) is 6.19. The van der Waals surface area contributed by atoms with Gasteiger partial charge in [0, 0.05) is 5.69 Å². The molecule has 1 fully saturated rings. The van der Waals surface area contributed by atoms with Crippen LogP contribution in [0.15, 0.2) is 52.4 Å². The van der Waals surface area contributed by atoms with Gasteiger partial charge in [0.2, 0.25) is 11.9 Å². The van der Waals surface area contributed by atoms with E-state index in [-0.39, 0.29) is 5.96 Å². The van der Waals surface area contributed by atoms with E-state index < -0.39 is 5.66 Å². The van der Waals surface area contributed by atoms with E-state index >= 15 is 0 Å². The molecule has 0 atom stereocenters. The molecule has 0 saturated heterocycles. The number of anilines is 1. The average Bonchev–Trinajstić information content (AvgIpc) is 3.17. The molecule has 0 bridgehead atoms. The van der Waals surface area contributed by atoms with Gasteiger partial charge in [0.15, 0.2) is 0 Å². The number of rotatable bonds is 3. The summed E-state index contributed by atoms with van der Waals surface area (Å²) in [5, 5.41) is 9.34. The van der Waals surface area contributed by atoms with Gasteiger partial charge in [-0.1, -0.05) is 25.5 Å². The normalized spacial score (nSPS) is 18.5. The van der Waals surface area contributed by atoms with Crippen LogP contribution in [0.25, 0.3) is 16.7 Å². The number of aryl methyl sites for hydroxylation is 1. The van der Waals surface area contributed by atoms with E-state index in [1.807, 2.05) is 35.2 Å². The predicted octanol–water partition coefficient (Wildman–Crippen LogP) is 3.09. The second kappa shape index (κ2) is 7.12. The van der Waals surface area contributed by atoms with Crippen LogP contribution in [0.4, 0.5) is 5.69 Å². The number of hydrogen-bond donors (Lipinski definition) is 2. The molecule has 1 aliphatic carbocycles. The van der Waals surface area contributed by atoms with Crippen molar-refractivity contribution in [1.82, 2.24) is 15.0 Å². The summed E-state index contributed by atoms with van der Waals surface area (Å²) < 4.78 is 0. The van der Waals surface area contributed by atoms with Gasteiger partial charge in [-0.15, -0.1) is 10.2 Å². The molecule has 0 amide bonds. The maximum absolute atomic E-state index is 6.35. The summed E-state index contributed by atoms with van der Waals surface area (Å²) in [6.45, 7) is 2.14. The number of aliphatic imine (C=N–C) groups is 2. The summed E-state index contributed by atoms with van der Waals surface area (Å²) in [6, 6.07) is 14.3. The van der Waals surface area contributed by atoms with E-state index in [0.29, 0.717) is 5.96 Å². The van der Waals surface area contributed by atoms with Crippen molar-refractivity contribution in [2.75, 3.05) is 4.90 Å². The van der Waals surface area contributed by atoms with E-state index in [0.717, 1.165) is 54.5 Å². The van der Waals surface area contributed by atoms with Crippen molar-refractivity contribution in [3.63, 3.8) is 0 Å². The summed E-state index contributed by atoms with van der Waals surface area (Å²) in [4.78, 5) is 12.7. The Labute approximate surface area is 175 Å². The lowest BCUT2D eigenvalue weighted by Gasteiger charge is -2.45. The van der Waals surface area contributed by atoms with Gasteiger partial charge >= 0.3 is 0 Å². The van der Waals surface area contributed by atoms with E-state index in [1.54, 1.807) is 4.80 Å². The van der Waals surface area contributed by atoms with Crippen molar-refractivity contribution < 1.29 is 0 Å². The largest absolute Gasteiger partial charge is 0.369 e. The van der Waals surface area contributed by atoms with Crippen LogP contribution < -0.4 is 16.4 Å². The van der Waals surface area contributed by atoms with E-state index in [9.17, 15) is 0 Å². The number of benzene rings is 2. The molecule has 1 saturated carbocycles. The number of nitrogens with zero attached hydrogens (tertiary/aromatic N) is 6. The zero-order valence-corrected chi connectivity index (χ0v) is 17.1. The Morgan fingerprint density at radius 2 is 1.60 bits per heavy atom. The minimum absolute atomic E-state index is 0.258. The molecule has 1 aliphatic heterocycles. The molecule has 8 heteroatoms. The summed E-state index contributed by atoms with van der Waals surface area (Å²) >= 11 is 0. The lowest BCUT2D eigenvalue weighted by atomic mass is 9.87. The Bertz CT molecular complexity index is 1140. The second-order valence-electron chi connectivity index (χ2n) is 8.00. The van der Waals surface area contributed by atoms with Gasteiger partial charge in [-0.05, 0) is 68.0 Å². The van der Waals surface area contributed by atoms with Gasteiger partial charge in [-0.2, -0.15) is 9.79 Å². The van der Waals surface area contributed by atoms with E-state index in [1.165, 1.54) is 12.0 Å². The van der Waals surface area contributed by atoms with Gasteiger partial charge in [0.05, 0.1) is 5.69 Å². The predicted molar refractivity (Wildman–Crippen MR) is 120 cm³/mol. The molecule has 30 heavy (non-hydrogen) atoms. The Hall–Kier alpha value is -3.42. The molecule has 2 aliphatic rings. The molecule has 5 rings (SSSR count). The zero-order chi connectivity index (χ0) is 20.7. The molecule has 8 nitrogen and oxygen atoms in total. The fourth-order valence-electron chi connectivity index (χ4n) is 4.52. The molecule has 0 unspecified atom stereocenters. The van der Waals surface area contributed by atoms with Gasteiger partial charge in [0.25, 0.3) is 0 Å². The molecule has 3 aromatic rings. The summed E-state index contributed by atoms with van der Waals surface area (Å²) in [5.74, 6) is 0.638. The first-order chi connectivity index (χ1) is 14.6. The highest BCUT2D eigenvalue weighted by atomic mass is 15.5. The summed E-state index contributed by atoms with van der Waals surface area (Å²) in [7, 11) is 0. The van der Waals surface area contributed by atoms with E-state index in [4.69, 9.17) is 21.6 Å². The fraction of sp³-hybridized carbons (Fsp3) is 0.364. The average molecular weight is 403 g/mol. The number of guanidine groups is 2. The second-order valence-corrected chi connectivity index (χ2v) is 8.00. The third-order valence-electron chi connectivity index (χ3n) is 6.05. The maximum atomic E-state index is 6.35. The highest BCUT2D eigenvalue weighted by molar-refractivity contribution is 6.06. The van der Waals surface area contributed by atoms with Crippen LogP contribution in [0.1, 0.15) is 44.6 Å². The van der Waals surface area contributed by atoms with Crippen LogP contribution in [0.3, 0.4) is 0 Å². The quantitative estimate of drug-likeness (QED) is 0.699. The van der Waals surface area contributed by atoms with Gasteiger partial charge < -0.3 is 11.5 Å². The molecule has 1 spiro atoms. The van der Waals surface area contributed by atoms with Crippen molar-refractivity contribution >= 4 is 28.6 Å². The first-order valence-electron chi connectivity index (χ1n) is 10.5. The van der Waals surface area contributed by atoms with Crippen molar-refractivity contribution in [1.29, 1.82) is 0 Å². The molecule has 4 N–H and O–H groups in total. The van der Waals surface area contributed by atoms with Crippen LogP contribution in [0.5, 0.6) is 0 Å². The minimum atomic E-state index is -0.464. The Kier molecular flexibility index (Phi) is 4.42. The molecule has 154 valence electrons. The number of nitrogens with two attached hydrogens (primary N) is 2. The van der Waals surface area contributed by atoms with Crippen LogP contribution in [0.2, 0.25) is 0 Å². The molecular formula is C22H26N8. The zero-order valence-electron chi connectivity index (χ0n) is 17.1. The van der Waals surface area contributed by atoms with Crippen molar-refractivity contribution in [2.24, 2.45) is 21.5 Å². The molecule has 1 aromatic heterocycles.